The molecule has 0 aromatic rings. The Bertz CT molecular complexity index is 131. The van der Waals surface area contributed by atoms with E-state index in [9.17, 15) is 0 Å². The molecule has 1 unspecified atom stereocenters. The molecule has 0 spiro atoms. The van der Waals surface area contributed by atoms with Crippen molar-refractivity contribution in [3.05, 3.63) is 11.6 Å². The summed E-state index contributed by atoms with van der Waals surface area (Å²) in [5.41, 5.74) is 6.85. The lowest BCUT2D eigenvalue weighted by molar-refractivity contribution is 0.0486. The molecule has 0 radical (unpaired) electrons. The minimum absolute atomic E-state index is 0.395. The van der Waals surface area contributed by atoms with E-state index in [-0.39, 0.29) is 0 Å². The second-order valence-corrected chi connectivity index (χ2v) is 2.73. The minimum Gasteiger partial charge on any atom is -0.378 e. The molecule has 1 fully saturated rings. The maximum atomic E-state index is 5.39. The van der Waals surface area contributed by atoms with E-state index in [1.165, 1.54) is 5.57 Å². The fourth-order valence-electron chi connectivity index (χ4n) is 1.27. The normalized spacial score (nSPS) is 31.0. The van der Waals surface area contributed by atoms with Gasteiger partial charge in [-0.1, -0.05) is 11.6 Å². The van der Waals surface area contributed by atoms with Gasteiger partial charge in [0.2, 0.25) is 0 Å². The van der Waals surface area contributed by atoms with Gasteiger partial charge >= 0.3 is 0 Å². The van der Waals surface area contributed by atoms with Crippen LogP contribution in [0.4, 0.5) is 0 Å². The number of nitrogens with two attached hydrogens (primary N) is 1. The van der Waals surface area contributed by atoms with Crippen molar-refractivity contribution in [2.24, 2.45) is 5.73 Å². The predicted octanol–water partition coefficient (Wildman–Crippen LogP) is 1.07. The summed E-state index contributed by atoms with van der Waals surface area (Å²) in [6, 6.07) is 0. The van der Waals surface area contributed by atoms with Crippen LogP contribution in [-0.2, 0) is 4.74 Å². The molecule has 0 saturated carbocycles. The molecule has 1 atom stereocenters. The first-order valence-electron chi connectivity index (χ1n) is 3.82. The van der Waals surface area contributed by atoms with Gasteiger partial charge < -0.3 is 10.5 Å². The van der Waals surface area contributed by atoms with E-state index in [0.29, 0.717) is 12.6 Å². The highest BCUT2D eigenvalue weighted by Gasteiger charge is 2.11. The van der Waals surface area contributed by atoms with Gasteiger partial charge in [-0.15, -0.1) is 0 Å². The molecular weight excluding hydrogens is 126 g/mol. The highest BCUT2D eigenvalue weighted by Crippen LogP contribution is 2.17. The molecule has 2 heteroatoms. The van der Waals surface area contributed by atoms with Crippen molar-refractivity contribution >= 4 is 0 Å². The highest BCUT2D eigenvalue weighted by atomic mass is 16.5. The summed E-state index contributed by atoms with van der Waals surface area (Å²) in [4.78, 5) is 0. The van der Waals surface area contributed by atoms with Gasteiger partial charge in [-0.3, -0.25) is 0 Å². The zero-order valence-electron chi connectivity index (χ0n) is 6.47. The van der Waals surface area contributed by atoms with Crippen LogP contribution in [0, 0.1) is 0 Å². The molecule has 0 aliphatic carbocycles. The number of hydrogen-bond acceptors (Lipinski definition) is 2. The van der Waals surface area contributed by atoms with E-state index in [0.717, 1.165) is 19.4 Å². The molecule has 10 heavy (non-hydrogen) atoms. The second kappa shape index (κ2) is 3.74. The zero-order valence-corrected chi connectivity index (χ0v) is 6.47. The van der Waals surface area contributed by atoms with Crippen LogP contribution in [0.15, 0.2) is 11.6 Å². The summed E-state index contributed by atoms with van der Waals surface area (Å²) in [6.45, 7) is 3.64. The van der Waals surface area contributed by atoms with Crippen LogP contribution in [0.25, 0.3) is 0 Å². The van der Waals surface area contributed by atoms with Crippen LogP contribution in [0.3, 0.4) is 0 Å². The molecule has 1 heterocycles. The lowest BCUT2D eigenvalue weighted by Gasteiger charge is -2.21. The largest absolute Gasteiger partial charge is 0.378 e. The van der Waals surface area contributed by atoms with Gasteiger partial charge in [-0.25, -0.2) is 0 Å². The van der Waals surface area contributed by atoms with Crippen molar-refractivity contribution in [1.82, 2.24) is 0 Å². The summed E-state index contributed by atoms with van der Waals surface area (Å²) in [5, 5.41) is 0. The molecule has 0 aromatic carbocycles. The molecule has 0 bridgehead atoms. The van der Waals surface area contributed by atoms with Crippen LogP contribution in [0.1, 0.15) is 19.8 Å². The molecule has 58 valence electrons. The van der Waals surface area contributed by atoms with Crippen molar-refractivity contribution < 1.29 is 4.74 Å². The molecule has 1 aliphatic rings. The summed E-state index contributed by atoms with van der Waals surface area (Å²) in [7, 11) is 0. The van der Waals surface area contributed by atoms with Crippen molar-refractivity contribution in [3.8, 4) is 0 Å². The standard InChI is InChI=1S/C8H15NO/c1-7-6-8(2-4-9)3-5-10-7/h2,7H,3-6,9H2,1H3. The first-order valence-corrected chi connectivity index (χ1v) is 3.82. The lowest BCUT2D eigenvalue weighted by atomic mass is 10.0. The summed E-state index contributed by atoms with van der Waals surface area (Å²) in [6.07, 6.45) is 4.64. The average molecular weight is 141 g/mol. The third kappa shape index (κ3) is 2.12. The molecule has 2 N–H and O–H groups in total. The van der Waals surface area contributed by atoms with E-state index in [1.54, 1.807) is 0 Å². The number of rotatable bonds is 1. The fraction of sp³-hybridized carbons (Fsp3) is 0.750. The van der Waals surface area contributed by atoms with E-state index >= 15 is 0 Å². The quantitative estimate of drug-likeness (QED) is 0.554. The maximum Gasteiger partial charge on any atom is 0.0584 e. The third-order valence-electron chi connectivity index (χ3n) is 1.78. The molecule has 0 aromatic heterocycles. The van der Waals surface area contributed by atoms with Gasteiger partial charge in [0.15, 0.2) is 0 Å². The fourth-order valence-corrected chi connectivity index (χ4v) is 1.27. The van der Waals surface area contributed by atoms with Crippen LogP contribution >= 0.6 is 0 Å². The molecule has 1 rings (SSSR count). The van der Waals surface area contributed by atoms with E-state index in [4.69, 9.17) is 10.5 Å². The minimum atomic E-state index is 0.395. The van der Waals surface area contributed by atoms with Crippen molar-refractivity contribution in [2.45, 2.75) is 25.9 Å². The van der Waals surface area contributed by atoms with Gasteiger partial charge in [-0.05, 0) is 19.8 Å². The Morgan fingerprint density at radius 3 is 3.20 bits per heavy atom. The number of hydrogen-bond donors (Lipinski definition) is 1. The van der Waals surface area contributed by atoms with Crippen LogP contribution in [-0.4, -0.2) is 19.3 Å². The molecular formula is C8H15NO. The Morgan fingerprint density at radius 2 is 2.60 bits per heavy atom. The third-order valence-corrected chi connectivity index (χ3v) is 1.78. The molecule has 1 aliphatic heterocycles. The molecule has 1 saturated heterocycles. The van der Waals surface area contributed by atoms with Gasteiger partial charge in [0.25, 0.3) is 0 Å². The second-order valence-electron chi connectivity index (χ2n) is 2.73. The Kier molecular flexibility index (Phi) is 2.90. The average Bonchev–Trinajstić information content (AvgIpc) is 1.88. The van der Waals surface area contributed by atoms with Crippen LogP contribution in [0.5, 0.6) is 0 Å². The topological polar surface area (TPSA) is 35.2 Å². The Labute approximate surface area is 62.1 Å². The molecule has 0 amide bonds. The van der Waals surface area contributed by atoms with E-state index < -0.39 is 0 Å². The van der Waals surface area contributed by atoms with E-state index in [2.05, 4.69) is 13.0 Å². The first-order chi connectivity index (χ1) is 4.83. The van der Waals surface area contributed by atoms with Crippen molar-refractivity contribution in [1.29, 1.82) is 0 Å². The van der Waals surface area contributed by atoms with Gasteiger partial charge in [-0.2, -0.15) is 0 Å². The number of ether oxygens (including phenoxy) is 1. The Balaban J connectivity index is 2.39. The van der Waals surface area contributed by atoms with Crippen molar-refractivity contribution in [3.63, 3.8) is 0 Å². The van der Waals surface area contributed by atoms with Crippen LogP contribution in [0.2, 0.25) is 0 Å². The lowest BCUT2D eigenvalue weighted by Crippen LogP contribution is -2.17. The van der Waals surface area contributed by atoms with Crippen molar-refractivity contribution in [2.75, 3.05) is 13.2 Å². The predicted molar refractivity (Wildman–Crippen MR) is 41.8 cm³/mol. The van der Waals surface area contributed by atoms with Gasteiger partial charge in [0.1, 0.15) is 0 Å². The van der Waals surface area contributed by atoms with Gasteiger partial charge in [0.05, 0.1) is 12.7 Å². The van der Waals surface area contributed by atoms with E-state index in [1.807, 2.05) is 0 Å². The smallest absolute Gasteiger partial charge is 0.0584 e. The van der Waals surface area contributed by atoms with Gasteiger partial charge in [0, 0.05) is 6.54 Å². The summed E-state index contributed by atoms with van der Waals surface area (Å²) in [5.74, 6) is 0. The Morgan fingerprint density at radius 1 is 1.80 bits per heavy atom. The maximum absolute atomic E-state index is 5.39. The summed E-state index contributed by atoms with van der Waals surface area (Å²) >= 11 is 0. The highest BCUT2D eigenvalue weighted by molar-refractivity contribution is 5.05. The van der Waals surface area contributed by atoms with Crippen LogP contribution < -0.4 is 5.73 Å². The summed E-state index contributed by atoms with van der Waals surface area (Å²) < 4.78 is 5.37. The SMILES string of the molecule is CC1CC(=CCN)CCO1. The zero-order chi connectivity index (χ0) is 7.40. The Hall–Kier alpha value is -0.340. The monoisotopic (exact) mass is 141 g/mol. The first kappa shape index (κ1) is 7.76. The molecule has 2 nitrogen and oxygen atoms in total.